The highest BCUT2D eigenvalue weighted by atomic mass is 79.9. The van der Waals surface area contributed by atoms with E-state index in [0.717, 1.165) is 28.2 Å². The number of thioether (sulfide) groups is 1. The van der Waals surface area contributed by atoms with Gasteiger partial charge >= 0.3 is 5.97 Å². The molecule has 14 heteroatoms. The van der Waals surface area contributed by atoms with Gasteiger partial charge in [-0.3, -0.25) is 24.6 Å². The molecule has 2 amide bonds. The van der Waals surface area contributed by atoms with Crippen molar-refractivity contribution in [3.63, 3.8) is 0 Å². The molecule has 0 aromatic heterocycles. The van der Waals surface area contributed by atoms with E-state index in [-0.39, 0.29) is 29.3 Å². The molecule has 0 saturated carbocycles. The number of likely N-dealkylation sites (tertiary alicyclic amines) is 1. The molecule has 0 radical (unpaired) electrons. The van der Waals surface area contributed by atoms with E-state index in [2.05, 4.69) is 21.2 Å². The third-order valence-electron chi connectivity index (χ3n) is 5.15. The molecule has 2 atom stereocenters. The number of aliphatic hydroxyl groups is 1. The summed E-state index contributed by atoms with van der Waals surface area (Å²) in [4.78, 5) is 48.0. The van der Waals surface area contributed by atoms with E-state index in [1.54, 1.807) is 0 Å². The fraction of sp³-hybridized carbons (Fsp3) is 0.292. The van der Waals surface area contributed by atoms with Crippen LogP contribution in [0, 0.1) is 10.1 Å². The number of allylic oxidation sites excluding steroid dienone is 1. The molecule has 1 saturated heterocycles. The van der Waals surface area contributed by atoms with Gasteiger partial charge in [-0.05, 0) is 29.8 Å². The Labute approximate surface area is 230 Å². The van der Waals surface area contributed by atoms with E-state index >= 15 is 0 Å². The summed E-state index contributed by atoms with van der Waals surface area (Å²) in [5, 5.41) is 22.7. The molecule has 2 unspecified atom stereocenters. The van der Waals surface area contributed by atoms with Crippen molar-refractivity contribution < 1.29 is 38.6 Å². The molecule has 0 aliphatic carbocycles. The number of alkyl halides is 1. The summed E-state index contributed by atoms with van der Waals surface area (Å²) in [6, 6.07) is 12.4. The van der Waals surface area contributed by atoms with Crippen LogP contribution < -0.4 is 10.1 Å². The van der Waals surface area contributed by atoms with Gasteiger partial charge in [-0.15, -0.1) is 11.8 Å². The number of benzene rings is 2. The number of nitro groups is 1. The summed E-state index contributed by atoms with van der Waals surface area (Å²) in [5.41, 5.74) is 0.00721. The molecule has 2 bridgehead atoms. The molecule has 3 aliphatic rings. The number of halogens is 1. The van der Waals surface area contributed by atoms with Crippen LogP contribution in [0.25, 0.3) is 0 Å². The van der Waals surface area contributed by atoms with E-state index < -0.39 is 39.9 Å². The number of nitro benzene ring substituents is 1. The molecule has 5 rings (SSSR count). The predicted molar refractivity (Wildman–Crippen MR) is 141 cm³/mol. The van der Waals surface area contributed by atoms with E-state index in [1.165, 1.54) is 38.3 Å². The Bertz CT molecular complexity index is 1210. The van der Waals surface area contributed by atoms with Crippen LogP contribution in [-0.2, 0) is 30.5 Å². The van der Waals surface area contributed by atoms with Crippen LogP contribution in [-0.4, -0.2) is 62.5 Å². The van der Waals surface area contributed by atoms with E-state index in [9.17, 15) is 29.6 Å². The van der Waals surface area contributed by atoms with Crippen molar-refractivity contribution in [2.75, 3.05) is 18.4 Å². The number of hydrogen-bond donors (Lipinski definition) is 2. The lowest BCUT2D eigenvalue weighted by atomic mass is 10.1. The van der Waals surface area contributed by atoms with Crippen LogP contribution in [0.4, 0.5) is 5.69 Å². The van der Waals surface area contributed by atoms with Gasteiger partial charge in [0.2, 0.25) is 5.91 Å². The van der Waals surface area contributed by atoms with Gasteiger partial charge in [0, 0.05) is 32.2 Å². The zero-order chi connectivity index (χ0) is 27.8. The van der Waals surface area contributed by atoms with Crippen molar-refractivity contribution >= 4 is 51.2 Å². The van der Waals surface area contributed by atoms with Gasteiger partial charge in [0.1, 0.15) is 35.3 Å². The van der Waals surface area contributed by atoms with Gasteiger partial charge in [-0.25, -0.2) is 4.79 Å². The topological polar surface area (TPSA) is 158 Å². The first-order valence-corrected chi connectivity index (χ1v) is 13.2. The number of aliphatic hydroxyl groups excluding tert-OH is 1. The van der Waals surface area contributed by atoms with E-state index in [4.69, 9.17) is 14.2 Å². The van der Waals surface area contributed by atoms with E-state index in [0.29, 0.717) is 5.56 Å². The highest BCUT2D eigenvalue weighted by molar-refractivity contribution is 9.09. The minimum absolute atomic E-state index is 0.110. The number of esters is 1. The minimum Gasteiger partial charge on any atom is -0.509 e. The second-order valence-electron chi connectivity index (χ2n) is 7.86. The lowest BCUT2D eigenvalue weighted by molar-refractivity contribution is -0.384. The molecule has 12 nitrogen and oxygen atoms in total. The van der Waals surface area contributed by atoms with Crippen molar-refractivity contribution in [3.8, 4) is 11.5 Å². The number of methoxy groups -OCH3 is 1. The molecule has 0 spiro atoms. The zero-order valence-electron chi connectivity index (χ0n) is 20.3. The predicted octanol–water partition coefficient (Wildman–Crippen LogP) is 3.60. The third-order valence-corrected chi connectivity index (χ3v) is 6.88. The number of ether oxygens (including phenoxy) is 3. The zero-order valence-corrected chi connectivity index (χ0v) is 22.7. The summed E-state index contributed by atoms with van der Waals surface area (Å²) < 4.78 is 15.2. The number of carbonyl (C=O) groups is 3. The number of hydrogen-bond acceptors (Lipinski definition) is 10. The largest absolute Gasteiger partial charge is 0.509 e. The van der Waals surface area contributed by atoms with Crippen LogP contribution in [0.5, 0.6) is 11.5 Å². The Morgan fingerprint density at radius 2 is 1.87 bits per heavy atom. The Balaban J connectivity index is 0.000000483. The maximum atomic E-state index is 12.7. The lowest BCUT2D eigenvalue weighted by Gasteiger charge is -2.46. The maximum Gasteiger partial charge on any atom is 0.358 e. The summed E-state index contributed by atoms with van der Waals surface area (Å²) >= 11 is 4.21. The fourth-order valence-corrected chi connectivity index (χ4v) is 4.67. The highest BCUT2D eigenvalue weighted by Crippen LogP contribution is 2.35. The summed E-state index contributed by atoms with van der Waals surface area (Å²) in [5.74, 6) is -0.255. The quantitative estimate of drug-likeness (QED) is 0.0508. The number of fused-ring (bicyclic) bond motifs is 2. The number of nitrogens with zero attached hydrogens (tertiary/aromatic N) is 2. The first kappa shape index (κ1) is 28.9. The molecule has 202 valence electrons. The van der Waals surface area contributed by atoms with Gasteiger partial charge < -0.3 is 24.6 Å². The van der Waals surface area contributed by atoms with Gasteiger partial charge in [0.15, 0.2) is 5.70 Å². The van der Waals surface area contributed by atoms with Gasteiger partial charge in [0.05, 0.1) is 16.2 Å². The molecule has 2 aromatic carbocycles. The molecular formula is C24H24BrN3O9S. The monoisotopic (exact) mass is 609 g/mol. The Hall–Kier alpha value is -3.62. The third kappa shape index (κ3) is 7.02. The smallest absolute Gasteiger partial charge is 0.358 e. The number of rotatable bonds is 10. The molecule has 38 heavy (non-hydrogen) atoms. The van der Waals surface area contributed by atoms with Crippen LogP contribution in [0.1, 0.15) is 12.5 Å². The standard InChI is InChI=1S/C18H20BrN3O8S.C6H4O/c1-10(23)20-14-16(25)21(17(14)31-9-29-2)15(13(24)7-19)18(26)30-8-11-3-5-12(6-4-11)22(27)28;1-2-5-4-6(3-1)7-5/h3-6,14,17,24H,7-9H2,1-2H3,(H,20,23);1-4H. The van der Waals surface area contributed by atoms with Crippen LogP contribution >= 0.6 is 27.7 Å². The number of non-ortho nitro benzene ring substituents is 1. The first-order valence-electron chi connectivity index (χ1n) is 11.0. The van der Waals surface area contributed by atoms with Crippen LogP contribution in [0.2, 0.25) is 0 Å². The first-order chi connectivity index (χ1) is 18.2. The molecule has 2 N–H and O–H groups in total. The number of nitrogens with one attached hydrogen (secondary N) is 1. The van der Waals surface area contributed by atoms with Gasteiger partial charge in [-0.1, -0.05) is 22.0 Å². The molecule has 3 heterocycles. The Morgan fingerprint density at radius 3 is 2.32 bits per heavy atom. The average Bonchev–Trinajstić information content (AvgIpc) is 2.90. The lowest BCUT2D eigenvalue weighted by Crippen LogP contribution is -2.69. The maximum absolute atomic E-state index is 12.7. The van der Waals surface area contributed by atoms with Crippen LogP contribution in [0.3, 0.4) is 0 Å². The summed E-state index contributed by atoms with van der Waals surface area (Å²) in [6.07, 6.45) is 0. The number of amides is 2. The van der Waals surface area contributed by atoms with Crippen molar-refractivity contribution in [3.05, 3.63) is 75.7 Å². The van der Waals surface area contributed by atoms with Crippen molar-refractivity contribution in [2.24, 2.45) is 0 Å². The Morgan fingerprint density at radius 1 is 1.24 bits per heavy atom. The van der Waals surface area contributed by atoms with Gasteiger partial charge in [-0.2, -0.15) is 0 Å². The van der Waals surface area contributed by atoms with Crippen molar-refractivity contribution in [1.82, 2.24) is 10.2 Å². The summed E-state index contributed by atoms with van der Waals surface area (Å²) in [7, 11) is 1.45. The van der Waals surface area contributed by atoms with E-state index in [1.807, 2.05) is 24.3 Å². The highest BCUT2D eigenvalue weighted by Gasteiger charge is 2.52. The number of β-lactam (4-membered cyclic amide) rings is 1. The second-order valence-corrected chi connectivity index (χ2v) is 9.47. The normalized spacial score (nSPS) is 17.4. The van der Waals surface area contributed by atoms with Crippen LogP contribution in [0.15, 0.2) is 60.0 Å². The number of carbonyl (C=O) groups excluding carboxylic acids is 3. The minimum atomic E-state index is -0.965. The molecule has 1 fully saturated rings. The average molecular weight is 610 g/mol. The van der Waals surface area contributed by atoms with Crippen molar-refractivity contribution in [1.29, 1.82) is 0 Å². The fourth-order valence-electron chi connectivity index (χ4n) is 3.39. The molecule has 2 aromatic rings. The molecule has 3 aliphatic heterocycles. The van der Waals surface area contributed by atoms with Gasteiger partial charge in [0.25, 0.3) is 11.6 Å². The Kier molecular flexibility index (Phi) is 10.1. The van der Waals surface area contributed by atoms with Crippen molar-refractivity contribution in [2.45, 2.75) is 24.9 Å². The molecular weight excluding hydrogens is 586 g/mol. The summed E-state index contributed by atoms with van der Waals surface area (Å²) in [6.45, 7) is 1.03. The SMILES string of the molecule is COCSC1C(NC(C)=O)C(=O)N1C(C(=O)OCc1ccc([N+](=O)[O-])cc1)=C(O)CBr.c1cc2cc(c1)O2. The second kappa shape index (κ2) is 13.3.